The molecule has 0 spiro atoms. The van der Waals surface area contributed by atoms with Crippen LogP contribution in [0.15, 0.2) is 36.0 Å². The molecule has 2 rings (SSSR count). The van der Waals surface area contributed by atoms with Crippen LogP contribution < -0.4 is 10.1 Å². The van der Waals surface area contributed by atoms with E-state index in [9.17, 15) is 18.5 Å². The molecule has 1 fully saturated rings. The van der Waals surface area contributed by atoms with Gasteiger partial charge in [0.1, 0.15) is 17.4 Å². The van der Waals surface area contributed by atoms with Crippen molar-refractivity contribution in [3.8, 4) is 11.8 Å². The summed E-state index contributed by atoms with van der Waals surface area (Å²) in [6, 6.07) is 8.79. The number of para-hydroxylation sites is 2. The van der Waals surface area contributed by atoms with Crippen LogP contribution in [0.2, 0.25) is 0 Å². The largest absolute Gasteiger partial charge is 0.495 e. The Kier molecular flexibility index (Phi) is 6.01. The van der Waals surface area contributed by atoms with Crippen molar-refractivity contribution in [2.45, 2.75) is 0 Å². The van der Waals surface area contributed by atoms with Crippen molar-refractivity contribution in [3.05, 3.63) is 36.0 Å². The van der Waals surface area contributed by atoms with E-state index in [4.69, 9.17) is 4.74 Å². The van der Waals surface area contributed by atoms with E-state index in [0.29, 0.717) is 37.6 Å². The average molecular weight is 364 g/mol. The van der Waals surface area contributed by atoms with Gasteiger partial charge in [-0.15, -0.1) is 0 Å². The molecule has 0 aliphatic carbocycles. The van der Waals surface area contributed by atoms with Gasteiger partial charge in [0.15, 0.2) is 0 Å². The first-order valence-corrected chi connectivity index (χ1v) is 9.45. The van der Waals surface area contributed by atoms with Crippen LogP contribution in [0.3, 0.4) is 0 Å². The number of hydrogen-bond acceptors (Lipinski definition) is 6. The number of carbonyl (C=O) groups is 1. The van der Waals surface area contributed by atoms with Crippen LogP contribution in [0.5, 0.6) is 5.75 Å². The lowest BCUT2D eigenvalue weighted by molar-refractivity contribution is -0.112. The van der Waals surface area contributed by atoms with Crippen LogP contribution >= 0.6 is 0 Å². The number of rotatable bonds is 5. The molecule has 0 aromatic heterocycles. The second-order valence-electron chi connectivity index (χ2n) is 5.51. The third kappa shape index (κ3) is 4.95. The summed E-state index contributed by atoms with van der Waals surface area (Å²) in [5.41, 5.74) is 0.414. The maximum absolute atomic E-state index is 12.3. The minimum Gasteiger partial charge on any atom is -0.495 e. The molecule has 0 atom stereocenters. The summed E-state index contributed by atoms with van der Waals surface area (Å²) in [6.07, 6.45) is 2.63. The van der Waals surface area contributed by atoms with Gasteiger partial charge in [-0.05, 0) is 12.1 Å². The van der Waals surface area contributed by atoms with Crippen LogP contribution in [-0.4, -0.2) is 63.1 Å². The fraction of sp³-hybridized carbons (Fsp3) is 0.375. The Balaban J connectivity index is 2.05. The average Bonchev–Trinajstić information content (AvgIpc) is 2.59. The number of ether oxygens (including phenoxy) is 1. The zero-order chi connectivity index (χ0) is 18.4. The van der Waals surface area contributed by atoms with Gasteiger partial charge in [-0.3, -0.25) is 4.79 Å². The summed E-state index contributed by atoms with van der Waals surface area (Å²) in [7, 11) is -1.73. The van der Waals surface area contributed by atoms with Gasteiger partial charge >= 0.3 is 0 Å². The van der Waals surface area contributed by atoms with E-state index in [1.54, 1.807) is 29.2 Å². The summed E-state index contributed by atoms with van der Waals surface area (Å²) in [5.74, 6) is -0.0487. The molecule has 1 heterocycles. The van der Waals surface area contributed by atoms with Crippen molar-refractivity contribution >= 4 is 21.6 Å². The maximum Gasteiger partial charge on any atom is 0.267 e. The lowest BCUT2D eigenvalue weighted by Gasteiger charge is -2.32. The highest BCUT2D eigenvalue weighted by Gasteiger charge is 2.23. The molecule has 1 N–H and O–H groups in total. The summed E-state index contributed by atoms with van der Waals surface area (Å²) < 4.78 is 29.6. The number of carbonyl (C=O) groups excluding carboxylic acids is 1. The number of nitriles is 1. The third-order valence-electron chi connectivity index (χ3n) is 3.77. The number of nitrogens with zero attached hydrogens (tertiary/aromatic N) is 3. The van der Waals surface area contributed by atoms with Gasteiger partial charge in [-0.25, -0.2) is 8.42 Å². The van der Waals surface area contributed by atoms with Gasteiger partial charge in [-0.1, -0.05) is 12.1 Å². The predicted molar refractivity (Wildman–Crippen MR) is 93.3 cm³/mol. The van der Waals surface area contributed by atoms with E-state index in [1.807, 2.05) is 6.07 Å². The van der Waals surface area contributed by atoms with E-state index in [2.05, 4.69) is 5.32 Å². The zero-order valence-electron chi connectivity index (χ0n) is 14.1. The summed E-state index contributed by atoms with van der Waals surface area (Å²) in [4.78, 5) is 14.1. The second kappa shape index (κ2) is 8.00. The molecule has 9 heteroatoms. The number of piperazine rings is 1. The molecule has 1 aromatic carbocycles. The lowest BCUT2D eigenvalue weighted by Crippen LogP contribution is -2.46. The van der Waals surface area contributed by atoms with Crippen molar-refractivity contribution in [2.24, 2.45) is 0 Å². The number of sulfonamides is 1. The minimum absolute atomic E-state index is 0.0567. The van der Waals surface area contributed by atoms with Gasteiger partial charge in [0.05, 0.1) is 19.1 Å². The quantitative estimate of drug-likeness (QED) is 0.607. The Labute approximate surface area is 147 Å². The molecule has 1 amide bonds. The SMILES string of the molecule is COc1ccccc1NC(=O)/C(C#N)=C\N1CCN(S(C)(=O)=O)CC1. The van der Waals surface area contributed by atoms with E-state index in [0.717, 1.165) is 0 Å². The molecule has 8 nitrogen and oxygen atoms in total. The molecule has 134 valence electrons. The molecule has 1 saturated heterocycles. The fourth-order valence-corrected chi connectivity index (χ4v) is 3.25. The highest BCUT2D eigenvalue weighted by molar-refractivity contribution is 7.88. The van der Waals surface area contributed by atoms with Crippen LogP contribution in [0, 0.1) is 11.3 Å². The van der Waals surface area contributed by atoms with Gasteiger partial charge in [0, 0.05) is 32.4 Å². The molecule has 25 heavy (non-hydrogen) atoms. The zero-order valence-corrected chi connectivity index (χ0v) is 14.9. The minimum atomic E-state index is -3.22. The Bertz CT molecular complexity index is 806. The smallest absolute Gasteiger partial charge is 0.267 e. The number of anilines is 1. The Morgan fingerprint density at radius 2 is 1.92 bits per heavy atom. The molecular weight excluding hydrogens is 344 g/mol. The highest BCUT2D eigenvalue weighted by Crippen LogP contribution is 2.23. The van der Waals surface area contributed by atoms with E-state index in [1.165, 1.54) is 23.9 Å². The molecule has 0 bridgehead atoms. The molecule has 0 saturated carbocycles. The summed E-state index contributed by atoms with van der Waals surface area (Å²) in [6.45, 7) is 1.48. The lowest BCUT2D eigenvalue weighted by atomic mass is 10.2. The normalized spacial score (nSPS) is 16.2. The number of hydrogen-bond donors (Lipinski definition) is 1. The van der Waals surface area contributed by atoms with E-state index < -0.39 is 15.9 Å². The molecule has 1 aliphatic heterocycles. The van der Waals surface area contributed by atoms with Gasteiger partial charge in [-0.2, -0.15) is 9.57 Å². The first-order valence-electron chi connectivity index (χ1n) is 7.60. The molecule has 0 radical (unpaired) electrons. The number of nitrogens with one attached hydrogen (secondary N) is 1. The Hall–Kier alpha value is -2.57. The number of benzene rings is 1. The second-order valence-corrected chi connectivity index (χ2v) is 7.49. The van der Waals surface area contributed by atoms with Crippen molar-refractivity contribution in [2.75, 3.05) is 44.9 Å². The Morgan fingerprint density at radius 3 is 2.48 bits per heavy atom. The van der Waals surface area contributed by atoms with Gasteiger partial charge < -0.3 is 15.0 Å². The topological polar surface area (TPSA) is 103 Å². The van der Waals surface area contributed by atoms with Gasteiger partial charge in [0.25, 0.3) is 5.91 Å². The number of amides is 1. The maximum atomic E-state index is 12.3. The monoisotopic (exact) mass is 364 g/mol. The molecular formula is C16H20N4O4S. The van der Waals surface area contributed by atoms with Crippen LogP contribution in [0.1, 0.15) is 0 Å². The summed E-state index contributed by atoms with van der Waals surface area (Å²) in [5, 5.41) is 11.9. The van der Waals surface area contributed by atoms with Gasteiger partial charge in [0.2, 0.25) is 10.0 Å². The first-order chi connectivity index (χ1) is 11.8. The first kappa shape index (κ1) is 18.8. The standard InChI is InChI=1S/C16H20N4O4S/c1-24-15-6-4-3-5-14(15)18-16(21)13(11-17)12-19-7-9-20(10-8-19)25(2,22)23/h3-6,12H,7-10H2,1-2H3,(H,18,21)/b13-12-. The Morgan fingerprint density at radius 1 is 1.28 bits per heavy atom. The van der Waals surface area contributed by atoms with Crippen molar-refractivity contribution in [3.63, 3.8) is 0 Å². The predicted octanol–water partition coefficient (Wildman–Crippen LogP) is 0.618. The van der Waals surface area contributed by atoms with E-state index in [-0.39, 0.29) is 5.57 Å². The number of methoxy groups -OCH3 is 1. The fourth-order valence-electron chi connectivity index (χ4n) is 2.42. The van der Waals surface area contributed by atoms with Crippen LogP contribution in [0.25, 0.3) is 0 Å². The van der Waals surface area contributed by atoms with Crippen molar-refractivity contribution in [1.82, 2.24) is 9.21 Å². The molecule has 1 aliphatic rings. The molecule has 0 unspecified atom stereocenters. The molecule has 1 aromatic rings. The van der Waals surface area contributed by atoms with Crippen molar-refractivity contribution < 1.29 is 17.9 Å². The third-order valence-corrected chi connectivity index (χ3v) is 5.08. The van der Waals surface area contributed by atoms with Crippen LogP contribution in [-0.2, 0) is 14.8 Å². The highest BCUT2D eigenvalue weighted by atomic mass is 32.2. The van der Waals surface area contributed by atoms with Crippen molar-refractivity contribution in [1.29, 1.82) is 5.26 Å². The van der Waals surface area contributed by atoms with Crippen LogP contribution in [0.4, 0.5) is 5.69 Å². The van der Waals surface area contributed by atoms with E-state index >= 15 is 0 Å². The summed E-state index contributed by atoms with van der Waals surface area (Å²) >= 11 is 0.